The van der Waals surface area contributed by atoms with E-state index in [1.165, 1.54) is 5.56 Å². The van der Waals surface area contributed by atoms with E-state index in [1.54, 1.807) is 6.33 Å². The Kier molecular flexibility index (Phi) is 3.58. The van der Waals surface area contributed by atoms with Gasteiger partial charge in [0.15, 0.2) is 5.65 Å². The van der Waals surface area contributed by atoms with Crippen molar-refractivity contribution in [3.05, 3.63) is 24.0 Å². The minimum atomic E-state index is 0.515. The maximum absolute atomic E-state index is 4.20. The number of nitrogens with one attached hydrogen (secondary N) is 2. The van der Waals surface area contributed by atoms with Crippen molar-refractivity contribution in [3.63, 3.8) is 0 Å². The average Bonchev–Trinajstić information content (AvgIpc) is 2.71. The van der Waals surface area contributed by atoms with E-state index < -0.39 is 0 Å². The van der Waals surface area contributed by atoms with Crippen LogP contribution in [0.4, 0.5) is 5.82 Å². The minimum Gasteiger partial charge on any atom is -0.369 e. The van der Waals surface area contributed by atoms with Gasteiger partial charge in [0.05, 0.1) is 0 Å². The molecule has 0 saturated heterocycles. The van der Waals surface area contributed by atoms with Crippen molar-refractivity contribution in [2.45, 2.75) is 26.8 Å². The van der Waals surface area contributed by atoms with Gasteiger partial charge in [0.1, 0.15) is 12.1 Å². The lowest BCUT2D eigenvalue weighted by atomic mass is 10.3. The summed E-state index contributed by atoms with van der Waals surface area (Å²) < 4.78 is 1.82. The summed E-state index contributed by atoms with van der Waals surface area (Å²) in [4.78, 5) is 4.19. The highest BCUT2D eigenvalue weighted by Crippen LogP contribution is 2.12. The average molecular weight is 233 g/mol. The van der Waals surface area contributed by atoms with Crippen LogP contribution in [0.25, 0.3) is 5.65 Å². The molecule has 0 aliphatic rings. The Hall–Kier alpha value is -1.62. The molecule has 2 heterocycles. The van der Waals surface area contributed by atoms with E-state index in [0.29, 0.717) is 6.04 Å². The largest absolute Gasteiger partial charge is 0.369 e. The molecule has 5 nitrogen and oxygen atoms in total. The lowest BCUT2D eigenvalue weighted by molar-refractivity contribution is 0.601. The van der Waals surface area contributed by atoms with E-state index in [-0.39, 0.29) is 0 Å². The van der Waals surface area contributed by atoms with E-state index in [2.05, 4.69) is 47.6 Å². The fourth-order valence-electron chi connectivity index (χ4n) is 1.73. The quantitative estimate of drug-likeness (QED) is 0.767. The van der Waals surface area contributed by atoms with Crippen LogP contribution >= 0.6 is 0 Å². The highest BCUT2D eigenvalue weighted by Gasteiger charge is 2.03. The molecule has 0 aromatic carbocycles. The van der Waals surface area contributed by atoms with E-state index >= 15 is 0 Å². The summed E-state index contributed by atoms with van der Waals surface area (Å²) in [6.07, 6.45) is 1.58. The molecule has 5 heteroatoms. The summed E-state index contributed by atoms with van der Waals surface area (Å²) in [5, 5.41) is 10.9. The first-order chi connectivity index (χ1) is 8.16. The van der Waals surface area contributed by atoms with Crippen molar-refractivity contribution in [3.8, 4) is 0 Å². The Balaban J connectivity index is 2.04. The van der Waals surface area contributed by atoms with Crippen molar-refractivity contribution in [2.24, 2.45) is 0 Å². The maximum atomic E-state index is 4.20. The highest BCUT2D eigenvalue weighted by molar-refractivity contribution is 5.51. The molecule has 92 valence electrons. The molecule has 0 amide bonds. The molecule has 2 aromatic heterocycles. The summed E-state index contributed by atoms with van der Waals surface area (Å²) in [5.41, 5.74) is 2.06. The number of pyridine rings is 1. The van der Waals surface area contributed by atoms with Crippen molar-refractivity contribution in [2.75, 3.05) is 18.4 Å². The first-order valence-electron chi connectivity index (χ1n) is 5.94. The monoisotopic (exact) mass is 233 g/mol. The number of fused-ring (bicyclic) bond motifs is 1. The molecule has 0 aliphatic heterocycles. The molecule has 0 aliphatic carbocycles. The zero-order valence-corrected chi connectivity index (χ0v) is 10.6. The number of rotatable bonds is 5. The molecule has 17 heavy (non-hydrogen) atoms. The number of hydrogen-bond donors (Lipinski definition) is 2. The van der Waals surface area contributed by atoms with Gasteiger partial charge in [-0.2, -0.15) is 9.61 Å². The molecule has 0 bridgehead atoms. The van der Waals surface area contributed by atoms with Gasteiger partial charge in [-0.05, 0) is 24.6 Å². The van der Waals surface area contributed by atoms with Crippen molar-refractivity contribution < 1.29 is 0 Å². The summed E-state index contributed by atoms with van der Waals surface area (Å²) in [6, 6.07) is 4.61. The smallest absolute Gasteiger partial charge is 0.157 e. The first kappa shape index (κ1) is 11.9. The Morgan fingerprint density at radius 1 is 1.29 bits per heavy atom. The Morgan fingerprint density at radius 3 is 2.88 bits per heavy atom. The third-order valence-corrected chi connectivity index (χ3v) is 2.51. The minimum absolute atomic E-state index is 0.515. The topological polar surface area (TPSA) is 54.2 Å². The predicted octanol–water partition coefficient (Wildman–Crippen LogP) is 1.45. The number of anilines is 1. The third-order valence-electron chi connectivity index (χ3n) is 2.51. The fourth-order valence-corrected chi connectivity index (χ4v) is 1.73. The molecule has 2 aromatic rings. The van der Waals surface area contributed by atoms with Crippen LogP contribution in [0.1, 0.15) is 19.4 Å². The van der Waals surface area contributed by atoms with Gasteiger partial charge in [-0.3, -0.25) is 0 Å². The van der Waals surface area contributed by atoms with Crippen molar-refractivity contribution in [1.29, 1.82) is 0 Å². The zero-order valence-electron chi connectivity index (χ0n) is 10.6. The van der Waals surface area contributed by atoms with Crippen LogP contribution in [0.15, 0.2) is 18.5 Å². The second-order valence-electron chi connectivity index (χ2n) is 4.48. The van der Waals surface area contributed by atoms with Gasteiger partial charge in [-0.1, -0.05) is 13.8 Å². The lowest BCUT2D eigenvalue weighted by Crippen LogP contribution is -2.28. The van der Waals surface area contributed by atoms with Gasteiger partial charge in [-0.25, -0.2) is 4.98 Å². The molecular weight excluding hydrogens is 214 g/mol. The Morgan fingerprint density at radius 2 is 2.12 bits per heavy atom. The molecule has 0 unspecified atom stereocenters. The van der Waals surface area contributed by atoms with Crippen LogP contribution in [0, 0.1) is 6.92 Å². The lowest BCUT2D eigenvalue weighted by Gasteiger charge is -2.11. The number of hydrogen-bond acceptors (Lipinski definition) is 4. The van der Waals surface area contributed by atoms with Gasteiger partial charge in [0.25, 0.3) is 0 Å². The maximum Gasteiger partial charge on any atom is 0.157 e. The Labute approximate surface area is 101 Å². The fraction of sp³-hybridized carbons (Fsp3) is 0.500. The molecule has 0 saturated carbocycles. The molecule has 0 fully saturated rings. The first-order valence-corrected chi connectivity index (χ1v) is 5.94. The van der Waals surface area contributed by atoms with Crippen LogP contribution in [0.3, 0.4) is 0 Å². The predicted molar refractivity (Wildman–Crippen MR) is 69.4 cm³/mol. The molecule has 0 atom stereocenters. The molecule has 0 spiro atoms. The third kappa shape index (κ3) is 2.94. The van der Waals surface area contributed by atoms with E-state index in [1.807, 2.05) is 10.6 Å². The highest BCUT2D eigenvalue weighted by atomic mass is 15.3. The van der Waals surface area contributed by atoms with E-state index in [4.69, 9.17) is 0 Å². The van der Waals surface area contributed by atoms with Crippen molar-refractivity contribution in [1.82, 2.24) is 19.9 Å². The molecule has 2 rings (SSSR count). The van der Waals surface area contributed by atoms with Gasteiger partial charge < -0.3 is 10.6 Å². The Bertz CT molecular complexity index is 489. The standard InChI is InChI=1S/C12H19N5/c1-9(2)13-4-5-14-11-6-10(3)7-12-15-8-16-17(11)12/h6-9,13-14H,4-5H2,1-3H3. The summed E-state index contributed by atoms with van der Waals surface area (Å²) in [5.74, 6) is 0.989. The van der Waals surface area contributed by atoms with Crippen LogP contribution in [0.5, 0.6) is 0 Å². The SMILES string of the molecule is Cc1cc(NCCNC(C)C)n2ncnc2c1. The molecule has 0 radical (unpaired) electrons. The number of aryl methyl sites for hydroxylation is 1. The molecular formula is C12H19N5. The summed E-state index contributed by atoms with van der Waals surface area (Å²) in [6.45, 7) is 8.15. The van der Waals surface area contributed by atoms with E-state index in [0.717, 1.165) is 24.6 Å². The van der Waals surface area contributed by atoms with E-state index in [9.17, 15) is 0 Å². The molecule has 2 N–H and O–H groups in total. The zero-order chi connectivity index (χ0) is 12.3. The van der Waals surface area contributed by atoms with Gasteiger partial charge in [0.2, 0.25) is 0 Å². The second kappa shape index (κ2) is 5.14. The number of nitrogens with zero attached hydrogens (tertiary/aromatic N) is 3. The van der Waals surface area contributed by atoms with Gasteiger partial charge in [0, 0.05) is 19.1 Å². The van der Waals surface area contributed by atoms with Gasteiger partial charge in [-0.15, -0.1) is 0 Å². The van der Waals surface area contributed by atoms with Crippen LogP contribution in [-0.2, 0) is 0 Å². The van der Waals surface area contributed by atoms with Crippen molar-refractivity contribution >= 4 is 11.5 Å². The van der Waals surface area contributed by atoms with Gasteiger partial charge >= 0.3 is 0 Å². The van der Waals surface area contributed by atoms with Crippen LogP contribution in [-0.4, -0.2) is 33.7 Å². The van der Waals surface area contributed by atoms with Crippen LogP contribution in [0.2, 0.25) is 0 Å². The summed E-state index contributed by atoms with van der Waals surface area (Å²) >= 11 is 0. The van der Waals surface area contributed by atoms with Crippen LogP contribution < -0.4 is 10.6 Å². The number of aromatic nitrogens is 3. The normalized spacial score (nSPS) is 11.3. The summed E-state index contributed by atoms with van der Waals surface area (Å²) in [7, 11) is 0. The second-order valence-corrected chi connectivity index (χ2v) is 4.48.